The molecule has 0 unspecified atom stereocenters. The second kappa shape index (κ2) is 7.65. The Bertz CT molecular complexity index is 472. The third-order valence-corrected chi connectivity index (χ3v) is 2.95. The zero-order valence-corrected chi connectivity index (χ0v) is 11.9. The van der Waals surface area contributed by atoms with Gasteiger partial charge >= 0.3 is 5.97 Å². The summed E-state index contributed by atoms with van der Waals surface area (Å²) in [6, 6.07) is 6.64. The lowest BCUT2D eigenvalue weighted by molar-refractivity contribution is -0.136. The lowest BCUT2D eigenvalue weighted by Crippen LogP contribution is -2.36. The van der Waals surface area contributed by atoms with Crippen LogP contribution in [0.4, 0.5) is 5.69 Å². The molecule has 0 radical (unpaired) electrons. The number of nitrogens with one attached hydrogen (secondary N) is 1. The summed E-state index contributed by atoms with van der Waals surface area (Å²) < 4.78 is 0. The van der Waals surface area contributed by atoms with Gasteiger partial charge in [0.25, 0.3) is 0 Å². The Labute approximate surface area is 119 Å². The Morgan fingerprint density at radius 1 is 1.30 bits per heavy atom. The molecule has 1 rings (SSSR count). The third-order valence-electron chi connectivity index (χ3n) is 2.95. The van der Waals surface area contributed by atoms with Crippen molar-refractivity contribution in [3.63, 3.8) is 0 Å². The number of hydrogen-bond donors (Lipinski definition) is 3. The van der Waals surface area contributed by atoms with Gasteiger partial charge in [0.15, 0.2) is 0 Å². The molecule has 0 saturated heterocycles. The molecule has 1 amide bonds. The van der Waals surface area contributed by atoms with Crippen LogP contribution in [0.5, 0.6) is 0 Å². The number of carboxylic acid groups (broad SMARTS) is 1. The molecule has 4 N–H and O–H groups in total. The van der Waals surface area contributed by atoms with Crippen molar-refractivity contribution in [1.82, 2.24) is 0 Å². The summed E-state index contributed by atoms with van der Waals surface area (Å²) in [5.41, 5.74) is 7.27. The summed E-state index contributed by atoms with van der Waals surface area (Å²) in [5, 5.41) is 11.5. The molecular weight excluding hydrogens is 256 g/mol. The van der Waals surface area contributed by atoms with Crippen LogP contribution in [0.25, 0.3) is 0 Å². The Kier molecular flexibility index (Phi) is 6.18. The monoisotopic (exact) mass is 278 g/mol. The highest BCUT2D eigenvalue weighted by atomic mass is 16.4. The molecule has 5 nitrogen and oxygen atoms in total. The second-order valence-electron chi connectivity index (χ2n) is 5.28. The molecule has 5 heteroatoms. The lowest BCUT2D eigenvalue weighted by Gasteiger charge is -2.16. The van der Waals surface area contributed by atoms with Crippen molar-refractivity contribution in [3.8, 4) is 0 Å². The molecular formula is C15H22N2O3. The zero-order chi connectivity index (χ0) is 15.1. The van der Waals surface area contributed by atoms with Crippen molar-refractivity contribution in [1.29, 1.82) is 0 Å². The minimum Gasteiger partial charge on any atom is -0.481 e. The fraction of sp³-hybridized carbons (Fsp3) is 0.467. The largest absolute Gasteiger partial charge is 0.481 e. The van der Waals surface area contributed by atoms with Crippen molar-refractivity contribution < 1.29 is 14.7 Å². The van der Waals surface area contributed by atoms with Crippen molar-refractivity contribution >= 4 is 17.6 Å². The number of rotatable bonds is 7. The predicted octanol–water partition coefficient (Wildman–Crippen LogP) is 2.02. The molecule has 1 aromatic rings. The van der Waals surface area contributed by atoms with Gasteiger partial charge in [-0.1, -0.05) is 32.0 Å². The Hall–Kier alpha value is -1.88. The predicted molar refractivity (Wildman–Crippen MR) is 78.5 cm³/mol. The maximum Gasteiger partial charge on any atom is 0.303 e. The number of carbonyl (C=O) groups excluding carboxylic acids is 1. The van der Waals surface area contributed by atoms with Crippen LogP contribution in [0.15, 0.2) is 24.3 Å². The van der Waals surface area contributed by atoms with Crippen LogP contribution in [0.1, 0.15) is 32.3 Å². The van der Waals surface area contributed by atoms with Crippen LogP contribution in [-0.2, 0) is 16.0 Å². The Morgan fingerprint density at radius 2 is 1.95 bits per heavy atom. The summed E-state index contributed by atoms with van der Waals surface area (Å²) in [4.78, 5) is 22.6. The highest BCUT2D eigenvalue weighted by Gasteiger charge is 2.16. The first kappa shape index (κ1) is 16.2. The smallest absolute Gasteiger partial charge is 0.303 e. The first-order chi connectivity index (χ1) is 9.40. The molecule has 0 aliphatic carbocycles. The van der Waals surface area contributed by atoms with E-state index in [4.69, 9.17) is 10.8 Å². The zero-order valence-electron chi connectivity index (χ0n) is 11.9. The minimum absolute atomic E-state index is 0.0327. The van der Waals surface area contributed by atoms with Crippen LogP contribution >= 0.6 is 0 Å². The van der Waals surface area contributed by atoms with Gasteiger partial charge in [-0.25, -0.2) is 0 Å². The van der Waals surface area contributed by atoms with Crippen molar-refractivity contribution in [2.24, 2.45) is 11.7 Å². The van der Waals surface area contributed by atoms with Gasteiger partial charge in [0, 0.05) is 12.1 Å². The van der Waals surface area contributed by atoms with E-state index < -0.39 is 12.0 Å². The molecule has 0 heterocycles. The summed E-state index contributed by atoms with van der Waals surface area (Å²) in [6.07, 6.45) is 1.03. The summed E-state index contributed by atoms with van der Waals surface area (Å²) in [7, 11) is 0. The number of anilines is 1. The molecule has 0 aliphatic heterocycles. The molecule has 0 aromatic heterocycles. The van der Waals surface area contributed by atoms with Crippen LogP contribution in [-0.4, -0.2) is 23.0 Å². The normalized spacial score (nSPS) is 12.2. The molecule has 0 bridgehead atoms. The molecule has 1 atom stereocenters. The van der Waals surface area contributed by atoms with Gasteiger partial charge in [0.2, 0.25) is 5.91 Å². The van der Waals surface area contributed by atoms with Crippen molar-refractivity contribution in [2.45, 2.75) is 39.2 Å². The van der Waals surface area contributed by atoms with Gasteiger partial charge in [-0.05, 0) is 30.4 Å². The number of benzene rings is 1. The van der Waals surface area contributed by atoms with Gasteiger partial charge in [0.05, 0.1) is 6.04 Å². The van der Waals surface area contributed by atoms with E-state index in [1.165, 1.54) is 0 Å². The highest BCUT2D eigenvalue weighted by molar-refractivity contribution is 5.95. The second-order valence-corrected chi connectivity index (χ2v) is 5.28. The summed E-state index contributed by atoms with van der Waals surface area (Å²) in [5.74, 6) is -0.748. The van der Waals surface area contributed by atoms with Gasteiger partial charge in [-0.3, -0.25) is 9.59 Å². The van der Waals surface area contributed by atoms with Crippen LogP contribution in [0.3, 0.4) is 0 Å². The molecule has 0 fully saturated rings. The van der Waals surface area contributed by atoms with E-state index in [0.29, 0.717) is 24.4 Å². The van der Waals surface area contributed by atoms with E-state index in [1.54, 1.807) is 12.1 Å². The van der Waals surface area contributed by atoms with E-state index in [1.807, 2.05) is 26.0 Å². The van der Waals surface area contributed by atoms with E-state index in [9.17, 15) is 9.59 Å². The van der Waals surface area contributed by atoms with Gasteiger partial charge < -0.3 is 16.2 Å². The first-order valence-electron chi connectivity index (χ1n) is 6.76. The fourth-order valence-electron chi connectivity index (χ4n) is 1.94. The molecule has 1 aromatic carbocycles. The highest BCUT2D eigenvalue weighted by Crippen LogP contribution is 2.17. The third kappa shape index (κ3) is 5.40. The summed E-state index contributed by atoms with van der Waals surface area (Å²) in [6.45, 7) is 4.02. The number of carbonyl (C=O) groups is 2. The van der Waals surface area contributed by atoms with E-state index in [2.05, 4.69) is 5.32 Å². The Morgan fingerprint density at radius 3 is 2.55 bits per heavy atom. The number of nitrogens with two attached hydrogens (primary N) is 1. The average Bonchev–Trinajstić information content (AvgIpc) is 2.36. The maximum atomic E-state index is 12.0. The fourth-order valence-corrected chi connectivity index (χ4v) is 1.94. The number of hydrogen-bond acceptors (Lipinski definition) is 3. The Balaban J connectivity index is 2.71. The number of amides is 1. The van der Waals surface area contributed by atoms with Gasteiger partial charge in [0.1, 0.15) is 0 Å². The van der Waals surface area contributed by atoms with Gasteiger partial charge in [-0.15, -0.1) is 0 Å². The molecule has 110 valence electrons. The maximum absolute atomic E-state index is 12.0. The quantitative estimate of drug-likeness (QED) is 0.711. The van der Waals surface area contributed by atoms with Crippen molar-refractivity contribution in [3.05, 3.63) is 29.8 Å². The molecule has 0 aliphatic rings. The van der Waals surface area contributed by atoms with Crippen molar-refractivity contribution in [2.75, 3.05) is 5.32 Å². The SMILES string of the molecule is CC(C)C[C@@H](N)C(=O)Nc1ccccc1CCC(=O)O. The van der Waals surface area contributed by atoms with Crippen LogP contribution in [0, 0.1) is 5.92 Å². The lowest BCUT2D eigenvalue weighted by atomic mass is 10.0. The molecule has 0 spiro atoms. The number of para-hydroxylation sites is 1. The van der Waals surface area contributed by atoms with E-state index in [0.717, 1.165) is 5.56 Å². The number of carboxylic acids is 1. The molecule has 20 heavy (non-hydrogen) atoms. The first-order valence-corrected chi connectivity index (χ1v) is 6.76. The topological polar surface area (TPSA) is 92.4 Å². The summed E-state index contributed by atoms with van der Waals surface area (Å²) >= 11 is 0. The van der Waals surface area contributed by atoms with Crippen LogP contribution < -0.4 is 11.1 Å². The number of aliphatic carboxylic acids is 1. The average molecular weight is 278 g/mol. The van der Waals surface area contributed by atoms with Crippen LogP contribution in [0.2, 0.25) is 0 Å². The van der Waals surface area contributed by atoms with E-state index in [-0.39, 0.29) is 12.3 Å². The van der Waals surface area contributed by atoms with Gasteiger partial charge in [-0.2, -0.15) is 0 Å². The number of aryl methyl sites for hydroxylation is 1. The molecule has 0 saturated carbocycles. The van der Waals surface area contributed by atoms with E-state index >= 15 is 0 Å². The minimum atomic E-state index is -0.859. The standard InChI is InChI=1S/C15H22N2O3/c1-10(2)9-12(16)15(20)17-13-6-4-3-5-11(13)7-8-14(18)19/h3-6,10,12H,7-9,16H2,1-2H3,(H,17,20)(H,18,19)/t12-/m1/s1.